The average Bonchev–Trinajstić information content (AvgIpc) is 3.25. The first-order valence-electron chi connectivity index (χ1n) is 9.74. The molecule has 3 aromatic rings. The number of rotatable bonds is 4. The van der Waals surface area contributed by atoms with Crippen molar-refractivity contribution in [3.05, 3.63) is 41.6 Å². The van der Waals surface area contributed by atoms with E-state index in [4.69, 9.17) is 9.47 Å². The Bertz CT molecular complexity index is 1180. The number of hydrogen-bond donors (Lipinski definition) is 0. The summed E-state index contributed by atoms with van der Waals surface area (Å²) < 4.78 is 12.6. The predicted molar refractivity (Wildman–Crippen MR) is 107 cm³/mol. The molecule has 0 N–H and O–H groups in total. The lowest BCUT2D eigenvalue weighted by Crippen LogP contribution is -2.31. The van der Waals surface area contributed by atoms with Crippen LogP contribution in [0, 0.1) is 0 Å². The van der Waals surface area contributed by atoms with Crippen molar-refractivity contribution in [3.63, 3.8) is 0 Å². The third kappa shape index (κ3) is 3.36. The van der Waals surface area contributed by atoms with Gasteiger partial charge in [0, 0.05) is 19.0 Å². The molecule has 30 heavy (non-hydrogen) atoms. The van der Waals surface area contributed by atoms with Crippen LogP contribution in [0.2, 0.25) is 0 Å². The van der Waals surface area contributed by atoms with Gasteiger partial charge in [0.25, 0.3) is 5.91 Å². The molecule has 2 aliphatic rings. The van der Waals surface area contributed by atoms with Crippen molar-refractivity contribution in [1.29, 1.82) is 0 Å². The Morgan fingerprint density at radius 2 is 2.03 bits per heavy atom. The van der Waals surface area contributed by atoms with E-state index in [1.165, 1.54) is 4.63 Å². The van der Waals surface area contributed by atoms with Gasteiger partial charge in [-0.15, -0.1) is 14.8 Å². The van der Waals surface area contributed by atoms with E-state index in [1.54, 1.807) is 42.4 Å². The van der Waals surface area contributed by atoms with Crippen LogP contribution in [0.1, 0.15) is 31.2 Å². The molecular formula is C20H19N7O3. The summed E-state index contributed by atoms with van der Waals surface area (Å²) >= 11 is 0. The Labute approximate surface area is 171 Å². The summed E-state index contributed by atoms with van der Waals surface area (Å²) in [5.41, 5.74) is 1.77. The first-order chi connectivity index (χ1) is 14.7. The molecule has 0 radical (unpaired) electrons. The van der Waals surface area contributed by atoms with Gasteiger partial charge in [0.1, 0.15) is 11.5 Å². The minimum absolute atomic E-state index is 0.0369. The number of carbonyl (C=O) groups excluding carboxylic acids is 1. The summed E-state index contributed by atoms with van der Waals surface area (Å²) in [4.78, 5) is 19.1. The van der Waals surface area contributed by atoms with Crippen molar-refractivity contribution in [2.75, 3.05) is 13.7 Å². The molecule has 1 fully saturated rings. The SMILES string of the molecule is COc1cc(/C=C2/N=C3CCCCCN3C2=O)ccc1Oc1ccc2nnnn2n1. The smallest absolute Gasteiger partial charge is 0.277 e. The van der Waals surface area contributed by atoms with Gasteiger partial charge in [-0.05, 0) is 53.1 Å². The van der Waals surface area contributed by atoms with E-state index >= 15 is 0 Å². The Balaban J connectivity index is 1.41. The third-order valence-corrected chi connectivity index (χ3v) is 5.06. The number of hydrogen-bond acceptors (Lipinski definition) is 8. The van der Waals surface area contributed by atoms with Gasteiger partial charge >= 0.3 is 0 Å². The average molecular weight is 405 g/mol. The fraction of sp³-hybridized carbons (Fsp3) is 0.300. The van der Waals surface area contributed by atoms with E-state index in [0.29, 0.717) is 28.7 Å². The van der Waals surface area contributed by atoms with Crippen LogP contribution in [0.15, 0.2) is 41.0 Å². The van der Waals surface area contributed by atoms with Gasteiger partial charge in [0.15, 0.2) is 17.1 Å². The van der Waals surface area contributed by atoms with Crippen LogP contribution in [0.4, 0.5) is 0 Å². The second-order valence-electron chi connectivity index (χ2n) is 7.04. The number of tetrazole rings is 1. The van der Waals surface area contributed by atoms with E-state index < -0.39 is 0 Å². The zero-order valence-corrected chi connectivity index (χ0v) is 16.4. The zero-order valence-electron chi connectivity index (χ0n) is 16.4. The third-order valence-electron chi connectivity index (χ3n) is 5.06. The number of methoxy groups -OCH3 is 1. The number of amides is 1. The molecule has 5 rings (SSSR count). The monoisotopic (exact) mass is 405 g/mol. The van der Waals surface area contributed by atoms with Crippen molar-refractivity contribution in [1.82, 2.24) is 30.2 Å². The van der Waals surface area contributed by atoms with E-state index in [1.807, 2.05) is 6.07 Å². The maximum Gasteiger partial charge on any atom is 0.277 e. The van der Waals surface area contributed by atoms with E-state index in [0.717, 1.165) is 43.6 Å². The second kappa shape index (κ2) is 7.54. The van der Waals surface area contributed by atoms with Gasteiger partial charge in [-0.3, -0.25) is 9.69 Å². The molecule has 0 saturated carbocycles. The molecule has 0 aliphatic carbocycles. The van der Waals surface area contributed by atoms with Crippen LogP contribution < -0.4 is 9.47 Å². The lowest BCUT2D eigenvalue weighted by molar-refractivity contribution is -0.122. The number of ether oxygens (including phenoxy) is 2. The van der Waals surface area contributed by atoms with Crippen molar-refractivity contribution in [3.8, 4) is 17.4 Å². The molecule has 0 spiro atoms. The first-order valence-corrected chi connectivity index (χ1v) is 9.74. The number of carbonyl (C=O) groups is 1. The molecule has 10 heteroatoms. The van der Waals surface area contributed by atoms with Gasteiger partial charge in [-0.2, -0.15) is 0 Å². The molecule has 0 bridgehead atoms. The van der Waals surface area contributed by atoms with Gasteiger partial charge in [-0.25, -0.2) is 4.99 Å². The van der Waals surface area contributed by atoms with Crippen LogP contribution >= 0.6 is 0 Å². The number of benzene rings is 1. The molecule has 0 atom stereocenters. The minimum atomic E-state index is -0.0369. The van der Waals surface area contributed by atoms with Crippen molar-refractivity contribution < 1.29 is 14.3 Å². The van der Waals surface area contributed by atoms with E-state index in [2.05, 4.69) is 25.6 Å². The van der Waals surface area contributed by atoms with Crippen LogP contribution in [-0.2, 0) is 4.79 Å². The van der Waals surface area contributed by atoms with Crippen LogP contribution in [0.3, 0.4) is 0 Å². The molecule has 1 aromatic carbocycles. The molecule has 2 aromatic heterocycles. The highest BCUT2D eigenvalue weighted by Crippen LogP contribution is 2.33. The lowest BCUT2D eigenvalue weighted by Gasteiger charge is -2.14. The molecule has 0 unspecified atom stereocenters. The number of nitrogens with zero attached hydrogens (tertiary/aromatic N) is 7. The maximum atomic E-state index is 12.7. The molecule has 1 amide bonds. The predicted octanol–water partition coefficient (Wildman–Crippen LogP) is 2.48. The zero-order chi connectivity index (χ0) is 20.5. The highest BCUT2D eigenvalue weighted by molar-refractivity contribution is 6.14. The topological polar surface area (TPSA) is 107 Å². The van der Waals surface area contributed by atoms with Gasteiger partial charge in [-0.1, -0.05) is 12.5 Å². The Morgan fingerprint density at radius 1 is 1.10 bits per heavy atom. The summed E-state index contributed by atoms with van der Waals surface area (Å²) in [6.45, 7) is 0.740. The van der Waals surface area contributed by atoms with Crippen molar-refractivity contribution in [2.45, 2.75) is 25.7 Å². The highest BCUT2D eigenvalue weighted by atomic mass is 16.5. The number of fused-ring (bicyclic) bond motifs is 2. The highest BCUT2D eigenvalue weighted by Gasteiger charge is 2.30. The molecular weight excluding hydrogens is 386 g/mol. The molecule has 152 valence electrons. The summed E-state index contributed by atoms with van der Waals surface area (Å²) in [5, 5.41) is 15.3. The minimum Gasteiger partial charge on any atom is -0.493 e. The molecule has 2 aliphatic heterocycles. The molecule has 1 saturated heterocycles. The quantitative estimate of drug-likeness (QED) is 0.614. The van der Waals surface area contributed by atoms with E-state index in [9.17, 15) is 4.79 Å². The maximum absolute atomic E-state index is 12.7. The summed E-state index contributed by atoms with van der Waals surface area (Å²) in [5.74, 6) is 2.16. The van der Waals surface area contributed by atoms with Gasteiger partial charge in [0.2, 0.25) is 5.88 Å². The van der Waals surface area contributed by atoms with Crippen molar-refractivity contribution >= 4 is 23.5 Å². The number of aliphatic imine (C=N–C) groups is 1. The van der Waals surface area contributed by atoms with Gasteiger partial charge < -0.3 is 9.47 Å². The Morgan fingerprint density at radius 3 is 2.93 bits per heavy atom. The van der Waals surface area contributed by atoms with Gasteiger partial charge in [0.05, 0.1) is 7.11 Å². The Kier molecular flexibility index (Phi) is 4.58. The fourth-order valence-corrected chi connectivity index (χ4v) is 3.56. The van der Waals surface area contributed by atoms with Crippen molar-refractivity contribution in [2.24, 2.45) is 4.99 Å². The summed E-state index contributed by atoms with van der Waals surface area (Å²) in [6, 6.07) is 8.79. The molecule has 10 nitrogen and oxygen atoms in total. The normalized spacial score (nSPS) is 17.8. The fourth-order valence-electron chi connectivity index (χ4n) is 3.56. The first kappa shape index (κ1) is 18.2. The summed E-state index contributed by atoms with van der Waals surface area (Å²) in [6.07, 6.45) is 5.85. The van der Waals surface area contributed by atoms with Crippen LogP contribution in [0.5, 0.6) is 17.4 Å². The number of amidine groups is 1. The molecule has 4 heterocycles. The largest absolute Gasteiger partial charge is 0.493 e. The van der Waals surface area contributed by atoms with Crippen LogP contribution in [0.25, 0.3) is 11.7 Å². The second-order valence-corrected chi connectivity index (χ2v) is 7.04. The standard InChI is InChI=1S/C20H19N7O3/c1-29-16-12-13(11-14-20(28)26-10-4-2-3-5-17(26)21-14)6-7-15(16)30-19-9-8-18-22-24-25-27(18)23-19/h6-9,11-12H,2-5,10H2,1H3/b14-11+. The number of aromatic nitrogens is 5. The van der Waals surface area contributed by atoms with Crippen LogP contribution in [-0.4, -0.2) is 55.6 Å². The Hall–Kier alpha value is -3.82. The van der Waals surface area contributed by atoms with E-state index in [-0.39, 0.29) is 5.91 Å². The lowest BCUT2D eigenvalue weighted by atomic mass is 10.1. The summed E-state index contributed by atoms with van der Waals surface area (Å²) in [7, 11) is 1.56.